The molecule has 0 amide bonds. The highest BCUT2D eigenvalue weighted by molar-refractivity contribution is 9.10. The van der Waals surface area contributed by atoms with Gasteiger partial charge in [-0.2, -0.15) is 0 Å². The molecule has 0 fully saturated rings. The molecule has 1 nitrogen and oxygen atoms in total. The number of hydrogen-bond acceptors (Lipinski definition) is 1. The van der Waals surface area contributed by atoms with Gasteiger partial charge in [-0.15, -0.1) is 0 Å². The van der Waals surface area contributed by atoms with E-state index in [9.17, 15) is 4.39 Å². The Balaban J connectivity index is 2.49. The van der Waals surface area contributed by atoms with Crippen LogP contribution in [0.4, 0.5) is 4.39 Å². The second kappa shape index (κ2) is 7.19. The van der Waals surface area contributed by atoms with Crippen LogP contribution in [0.15, 0.2) is 40.9 Å². The molecule has 0 aliphatic heterocycles. The van der Waals surface area contributed by atoms with E-state index in [0.29, 0.717) is 0 Å². The Hall–Kier alpha value is -1.19. The topological polar surface area (TPSA) is 12.0 Å². The van der Waals surface area contributed by atoms with Crippen LogP contribution in [-0.4, -0.2) is 6.54 Å². The average molecular weight is 350 g/mol. The summed E-state index contributed by atoms with van der Waals surface area (Å²) in [5, 5.41) is 3.58. The van der Waals surface area contributed by atoms with Crippen LogP contribution in [-0.2, 0) is 0 Å². The van der Waals surface area contributed by atoms with Crippen molar-refractivity contribution in [1.29, 1.82) is 0 Å². The summed E-state index contributed by atoms with van der Waals surface area (Å²) < 4.78 is 14.2. The van der Waals surface area contributed by atoms with Gasteiger partial charge >= 0.3 is 0 Å². The first kappa shape index (κ1) is 16.2. The summed E-state index contributed by atoms with van der Waals surface area (Å²) in [5.74, 6) is -0.221. The van der Waals surface area contributed by atoms with Crippen LogP contribution in [0.3, 0.4) is 0 Å². The van der Waals surface area contributed by atoms with Crippen LogP contribution >= 0.6 is 15.9 Å². The number of rotatable bonds is 5. The van der Waals surface area contributed by atoms with Crippen LogP contribution in [0, 0.1) is 19.7 Å². The summed E-state index contributed by atoms with van der Waals surface area (Å²) >= 11 is 3.50. The van der Waals surface area contributed by atoms with Crippen molar-refractivity contribution in [2.45, 2.75) is 33.2 Å². The summed E-state index contributed by atoms with van der Waals surface area (Å²) in [6, 6.07) is 11.3. The lowest BCUT2D eigenvalue weighted by Crippen LogP contribution is -2.24. The first-order chi connectivity index (χ1) is 10.0. The van der Waals surface area contributed by atoms with Crippen molar-refractivity contribution in [3.05, 3.63) is 68.9 Å². The maximum absolute atomic E-state index is 13.4. The normalized spacial score (nSPS) is 12.4. The summed E-state index contributed by atoms with van der Waals surface area (Å²) in [5.41, 5.74) is 4.87. The maximum Gasteiger partial charge on any atom is 0.124 e. The van der Waals surface area contributed by atoms with Gasteiger partial charge in [0.05, 0.1) is 6.04 Å². The fourth-order valence-electron chi connectivity index (χ4n) is 2.50. The Morgan fingerprint density at radius 2 is 1.90 bits per heavy atom. The molecule has 0 aliphatic rings. The second-order valence-corrected chi connectivity index (χ2v) is 6.20. The zero-order chi connectivity index (χ0) is 15.4. The molecule has 0 aliphatic carbocycles. The molecule has 1 unspecified atom stereocenters. The molecule has 0 saturated carbocycles. The molecule has 0 saturated heterocycles. The highest BCUT2D eigenvalue weighted by atomic mass is 79.9. The fraction of sp³-hybridized carbons (Fsp3) is 0.333. The molecule has 0 heterocycles. The Bertz CT molecular complexity index is 625. The Kier molecular flexibility index (Phi) is 5.54. The zero-order valence-corrected chi connectivity index (χ0v) is 14.3. The third kappa shape index (κ3) is 3.72. The number of nitrogens with one attached hydrogen (secondary N) is 1. The van der Waals surface area contributed by atoms with E-state index in [1.165, 1.54) is 28.8 Å². The summed E-state index contributed by atoms with van der Waals surface area (Å²) in [6.07, 6.45) is 1.06. The highest BCUT2D eigenvalue weighted by Gasteiger charge is 2.18. The van der Waals surface area contributed by atoms with Gasteiger partial charge in [0.25, 0.3) is 0 Å². The zero-order valence-electron chi connectivity index (χ0n) is 12.7. The minimum Gasteiger partial charge on any atom is -0.306 e. The van der Waals surface area contributed by atoms with Gasteiger partial charge in [0, 0.05) is 4.47 Å². The molecule has 0 bridgehead atoms. The van der Waals surface area contributed by atoms with Gasteiger partial charge < -0.3 is 5.32 Å². The smallest absolute Gasteiger partial charge is 0.124 e. The van der Waals surface area contributed by atoms with Gasteiger partial charge in [-0.1, -0.05) is 47.1 Å². The second-order valence-electron chi connectivity index (χ2n) is 5.34. The van der Waals surface area contributed by atoms with Gasteiger partial charge in [-0.05, 0) is 61.2 Å². The molecular weight excluding hydrogens is 329 g/mol. The standard InChI is InChI=1S/C18H21BrFN/c1-4-10-21-18(15-7-5-6-12(2)13(15)3)16-9-8-14(20)11-17(16)19/h5-9,11,18,21H,4,10H2,1-3H3. The van der Waals surface area contributed by atoms with E-state index in [1.54, 1.807) is 0 Å². The number of benzene rings is 2. The van der Waals surface area contributed by atoms with Crippen LogP contribution in [0.2, 0.25) is 0 Å². The minimum atomic E-state index is -0.221. The van der Waals surface area contributed by atoms with E-state index in [-0.39, 0.29) is 11.9 Å². The number of aryl methyl sites for hydroxylation is 1. The lowest BCUT2D eigenvalue weighted by atomic mass is 9.92. The quantitative estimate of drug-likeness (QED) is 0.772. The van der Waals surface area contributed by atoms with Crippen molar-refractivity contribution < 1.29 is 4.39 Å². The SMILES string of the molecule is CCCNC(c1ccc(F)cc1Br)c1cccc(C)c1C. The first-order valence-electron chi connectivity index (χ1n) is 7.29. The largest absolute Gasteiger partial charge is 0.306 e. The summed E-state index contributed by atoms with van der Waals surface area (Å²) in [4.78, 5) is 0. The van der Waals surface area contributed by atoms with Crippen molar-refractivity contribution in [3.63, 3.8) is 0 Å². The summed E-state index contributed by atoms with van der Waals surface area (Å²) in [7, 11) is 0. The third-order valence-corrected chi connectivity index (χ3v) is 4.52. The van der Waals surface area contributed by atoms with Crippen LogP contribution in [0.25, 0.3) is 0 Å². The van der Waals surface area contributed by atoms with E-state index in [0.717, 1.165) is 23.0 Å². The molecule has 21 heavy (non-hydrogen) atoms. The molecule has 2 aromatic carbocycles. The average Bonchev–Trinajstić information content (AvgIpc) is 2.45. The highest BCUT2D eigenvalue weighted by Crippen LogP contribution is 2.31. The molecule has 1 atom stereocenters. The van der Waals surface area contributed by atoms with Crippen LogP contribution < -0.4 is 5.32 Å². The fourth-order valence-corrected chi connectivity index (χ4v) is 3.08. The molecule has 0 radical (unpaired) electrons. The molecule has 3 heteroatoms. The Labute approximate surface area is 134 Å². The number of hydrogen-bond donors (Lipinski definition) is 1. The predicted octanol–water partition coefficient (Wildman–Crippen LogP) is 5.29. The van der Waals surface area contributed by atoms with Gasteiger partial charge in [0.1, 0.15) is 5.82 Å². The van der Waals surface area contributed by atoms with Crippen LogP contribution in [0.5, 0.6) is 0 Å². The monoisotopic (exact) mass is 349 g/mol. The van der Waals surface area contributed by atoms with Crippen molar-refractivity contribution in [2.75, 3.05) is 6.54 Å². The van der Waals surface area contributed by atoms with Crippen molar-refractivity contribution in [2.24, 2.45) is 0 Å². The van der Waals surface area contributed by atoms with Gasteiger partial charge in [0.15, 0.2) is 0 Å². The molecule has 2 rings (SSSR count). The number of halogens is 2. The molecule has 112 valence electrons. The molecule has 0 spiro atoms. The van der Waals surface area contributed by atoms with E-state index in [1.807, 2.05) is 6.07 Å². The van der Waals surface area contributed by atoms with E-state index in [2.05, 4.69) is 60.2 Å². The lowest BCUT2D eigenvalue weighted by Gasteiger charge is -2.23. The Morgan fingerprint density at radius 3 is 2.57 bits per heavy atom. The predicted molar refractivity (Wildman–Crippen MR) is 90.2 cm³/mol. The van der Waals surface area contributed by atoms with Gasteiger partial charge in [0.2, 0.25) is 0 Å². The van der Waals surface area contributed by atoms with E-state index >= 15 is 0 Å². The molecule has 1 N–H and O–H groups in total. The van der Waals surface area contributed by atoms with Crippen molar-refractivity contribution in [1.82, 2.24) is 5.32 Å². The van der Waals surface area contributed by atoms with E-state index < -0.39 is 0 Å². The van der Waals surface area contributed by atoms with Crippen molar-refractivity contribution >= 4 is 15.9 Å². The Morgan fingerprint density at radius 1 is 1.14 bits per heavy atom. The molecule has 0 aromatic heterocycles. The molecular formula is C18H21BrFN. The van der Waals surface area contributed by atoms with Crippen LogP contribution in [0.1, 0.15) is 41.6 Å². The third-order valence-electron chi connectivity index (χ3n) is 3.83. The lowest BCUT2D eigenvalue weighted by molar-refractivity contribution is 0.588. The maximum atomic E-state index is 13.4. The van der Waals surface area contributed by atoms with Gasteiger partial charge in [-0.25, -0.2) is 4.39 Å². The van der Waals surface area contributed by atoms with Gasteiger partial charge in [-0.3, -0.25) is 0 Å². The summed E-state index contributed by atoms with van der Waals surface area (Å²) in [6.45, 7) is 7.33. The molecule has 2 aromatic rings. The van der Waals surface area contributed by atoms with E-state index in [4.69, 9.17) is 0 Å². The minimum absolute atomic E-state index is 0.0693. The van der Waals surface area contributed by atoms with Crippen molar-refractivity contribution in [3.8, 4) is 0 Å². The first-order valence-corrected chi connectivity index (χ1v) is 8.08.